The van der Waals surface area contributed by atoms with Crippen LogP contribution in [0.25, 0.3) is 0 Å². The molecule has 1 heterocycles. The summed E-state index contributed by atoms with van der Waals surface area (Å²) in [5, 5.41) is 8.89. The van der Waals surface area contributed by atoms with Gasteiger partial charge >= 0.3 is 5.97 Å². The third-order valence-electron chi connectivity index (χ3n) is 2.63. The van der Waals surface area contributed by atoms with E-state index in [0.717, 1.165) is 12.1 Å². The molecule has 1 aromatic heterocycles. The minimum Gasteiger partial charge on any atom is -0.478 e. The van der Waals surface area contributed by atoms with Gasteiger partial charge < -0.3 is 5.11 Å². The summed E-state index contributed by atoms with van der Waals surface area (Å²) in [7, 11) is -3.74. The maximum Gasteiger partial charge on any atom is 0.338 e. The van der Waals surface area contributed by atoms with Crippen LogP contribution in [0.15, 0.2) is 28.7 Å². The van der Waals surface area contributed by atoms with Crippen LogP contribution in [0.1, 0.15) is 20.8 Å². The van der Waals surface area contributed by atoms with Crippen molar-refractivity contribution in [3.8, 4) is 0 Å². The lowest BCUT2D eigenvalue weighted by Gasteiger charge is -2.07. The predicted octanol–water partition coefficient (Wildman–Crippen LogP) is 2.26. The van der Waals surface area contributed by atoms with Gasteiger partial charge in [0.15, 0.2) is 9.84 Å². The molecule has 20 heavy (non-hydrogen) atoms. The fourth-order valence-corrected chi connectivity index (χ4v) is 4.04. The van der Waals surface area contributed by atoms with Crippen molar-refractivity contribution in [1.29, 1.82) is 0 Å². The second-order valence-electron chi connectivity index (χ2n) is 4.13. The number of rotatable bonds is 4. The number of thiazole rings is 1. The van der Waals surface area contributed by atoms with Gasteiger partial charge in [-0.25, -0.2) is 17.6 Å². The zero-order valence-corrected chi connectivity index (χ0v) is 12.0. The average Bonchev–Trinajstić information content (AvgIpc) is 2.83. The molecule has 0 aliphatic heterocycles. The van der Waals surface area contributed by atoms with E-state index in [0.29, 0.717) is 4.88 Å². The first-order valence-electron chi connectivity index (χ1n) is 5.45. The van der Waals surface area contributed by atoms with Gasteiger partial charge in [-0.15, -0.1) is 11.3 Å². The van der Waals surface area contributed by atoms with E-state index in [9.17, 15) is 17.6 Å². The van der Waals surface area contributed by atoms with E-state index in [-0.39, 0.29) is 16.2 Å². The lowest BCUT2D eigenvalue weighted by molar-refractivity contribution is 0.0691. The number of hydrogen-bond acceptors (Lipinski definition) is 5. The third-order valence-corrected chi connectivity index (χ3v) is 5.24. The van der Waals surface area contributed by atoms with Crippen molar-refractivity contribution in [3.05, 3.63) is 45.7 Å². The summed E-state index contributed by atoms with van der Waals surface area (Å²) in [6.07, 6.45) is 1.43. The van der Waals surface area contributed by atoms with Gasteiger partial charge in [-0.2, -0.15) is 0 Å². The van der Waals surface area contributed by atoms with E-state index in [4.69, 9.17) is 5.11 Å². The zero-order chi connectivity index (χ0) is 14.9. The van der Waals surface area contributed by atoms with Gasteiger partial charge in [0.1, 0.15) is 5.82 Å². The fraction of sp³-hybridized carbons (Fsp3) is 0.167. The van der Waals surface area contributed by atoms with Crippen LogP contribution in [0.4, 0.5) is 4.39 Å². The van der Waals surface area contributed by atoms with E-state index >= 15 is 0 Å². The molecular weight excluding hydrogens is 305 g/mol. The van der Waals surface area contributed by atoms with Gasteiger partial charge in [-0.1, -0.05) is 0 Å². The molecule has 2 aromatic rings. The molecule has 0 bridgehead atoms. The molecular formula is C12H10FNO4S2. The molecule has 0 spiro atoms. The summed E-state index contributed by atoms with van der Waals surface area (Å²) in [5.74, 6) is -2.71. The van der Waals surface area contributed by atoms with Crippen molar-refractivity contribution in [3.63, 3.8) is 0 Å². The predicted molar refractivity (Wildman–Crippen MR) is 71.1 cm³/mol. The molecule has 8 heteroatoms. The quantitative estimate of drug-likeness (QED) is 0.875. The van der Waals surface area contributed by atoms with Crippen molar-refractivity contribution in [1.82, 2.24) is 4.98 Å². The maximum absolute atomic E-state index is 13.6. The van der Waals surface area contributed by atoms with Gasteiger partial charge in [0.05, 0.1) is 21.7 Å². The zero-order valence-electron chi connectivity index (χ0n) is 10.3. The Bertz CT molecular complexity index is 754. The average molecular weight is 315 g/mol. The molecule has 0 atom stereocenters. The van der Waals surface area contributed by atoms with Crippen LogP contribution in [-0.4, -0.2) is 24.5 Å². The Hall–Kier alpha value is -1.80. The van der Waals surface area contributed by atoms with Crippen LogP contribution < -0.4 is 0 Å². The van der Waals surface area contributed by atoms with E-state index in [1.807, 2.05) is 0 Å². The number of hydrogen-bond donors (Lipinski definition) is 1. The van der Waals surface area contributed by atoms with Gasteiger partial charge in [0.25, 0.3) is 0 Å². The number of nitrogens with zero attached hydrogens (tertiary/aromatic N) is 1. The molecule has 0 radical (unpaired) electrons. The first-order valence-corrected chi connectivity index (χ1v) is 7.98. The van der Waals surface area contributed by atoms with Gasteiger partial charge in [-0.3, -0.25) is 4.98 Å². The number of benzene rings is 1. The second-order valence-corrected chi connectivity index (χ2v) is 7.09. The van der Waals surface area contributed by atoms with Gasteiger partial charge in [0.2, 0.25) is 0 Å². The molecule has 0 aliphatic carbocycles. The van der Waals surface area contributed by atoms with Crippen molar-refractivity contribution in [2.75, 3.05) is 0 Å². The van der Waals surface area contributed by atoms with E-state index in [1.54, 1.807) is 0 Å². The highest BCUT2D eigenvalue weighted by molar-refractivity contribution is 7.90. The van der Waals surface area contributed by atoms with E-state index in [1.165, 1.54) is 30.0 Å². The fourth-order valence-electron chi connectivity index (χ4n) is 1.66. The van der Waals surface area contributed by atoms with Crippen molar-refractivity contribution >= 4 is 27.1 Å². The first-order chi connectivity index (χ1) is 9.31. The van der Waals surface area contributed by atoms with Crippen molar-refractivity contribution < 1.29 is 22.7 Å². The Morgan fingerprint density at radius 2 is 2.15 bits per heavy atom. The highest BCUT2D eigenvalue weighted by atomic mass is 32.2. The van der Waals surface area contributed by atoms with E-state index in [2.05, 4.69) is 4.98 Å². The smallest absolute Gasteiger partial charge is 0.338 e. The Morgan fingerprint density at radius 3 is 2.70 bits per heavy atom. The molecule has 0 unspecified atom stereocenters. The van der Waals surface area contributed by atoms with Gasteiger partial charge in [-0.05, 0) is 24.6 Å². The lowest BCUT2D eigenvalue weighted by Crippen LogP contribution is -2.09. The monoisotopic (exact) mass is 315 g/mol. The topological polar surface area (TPSA) is 84.3 Å². The number of sulfone groups is 1. The van der Waals surface area contributed by atoms with Crippen LogP contribution in [0, 0.1) is 12.7 Å². The Kier molecular flexibility index (Phi) is 3.87. The number of aromatic carboxylic acids is 1. The summed E-state index contributed by atoms with van der Waals surface area (Å²) in [6.45, 7) is 1.33. The Labute approximate surface area is 118 Å². The molecule has 0 aliphatic rings. The highest BCUT2D eigenvalue weighted by Crippen LogP contribution is 2.23. The molecule has 1 aromatic carbocycles. The summed E-state index contributed by atoms with van der Waals surface area (Å²) in [4.78, 5) is 15.0. The largest absolute Gasteiger partial charge is 0.478 e. The Balaban J connectivity index is 2.49. The molecule has 0 fully saturated rings. The molecule has 1 N–H and O–H groups in total. The summed E-state index contributed by atoms with van der Waals surface area (Å²) >= 11 is 1.18. The molecule has 106 valence electrons. The van der Waals surface area contributed by atoms with Crippen LogP contribution in [0.5, 0.6) is 0 Å². The standard InChI is InChI=1S/C12H10FNO4S2/c1-7-2-9(3-10(11(7)13)12(15)16)20(17,18)5-8-4-14-6-19-8/h2-4,6H,5H2,1H3,(H,15,16). The normalized spacial score (nSPS) is 11.5. The van der Waals surface area contributed by atoms with Crippen molar-refractivity contribution in [2.45, 2.75) is 17.6 Å². The minimum atomic E-state index is -3.74. The van der Waals surface area contributed by atoms with E-state index < -0.39 is 27.2 Å². The maximum atomic E-state index is 13.6. The molecule has 0 saturated heterocycles. The van der Waals surface area contributed by atoms with Crippen LogP contribution in [0.2, 0.25) is 0 Å². The lowest BCUT2D eigenvalue weighted by atomic mass is 10.1. The van der Waals surface area contributed by atoms with Gasteiger partial charge in [0, 0.05) is 11.1 Å². The SMILES string of the molecule is Cc1cc(S(=O)(=O)Cc2cncs2)cc(C(=O)O)c1F. The summed E-state index contributed by atoms with van der Waals surface area (Å²) < 4.78 is 38.0. The Morgan fingerprint density at radius 1 is 1.45 bits per heavy atom. The molecule has 0 saturated carbocycles. The number of aromatic nitrogens is 1. The summed E-state index contributed by atoms with van der Waals surface area (Å²) in [6, 6.07) is 1.99. The molecule has 5 nitrogen and oxygen atoms in total. The molecule has 0 amide bonds. The summed E-state index contributed by atoms with van der Waals surface area (Å²) in [5.41, 5.74) is 0.837. The second kappa shape index (κ2) is 5.29. The number of carbonyl (C=O) groups is 1. The molecule has 2 rings (SSSR count). The number of halogens is 1. The number of carboxylic acids is 1. The number of aryl methyl sites for hydroxylation is 1. The van der Waals surface area contributed by atoms with Crippen LogP contribution >= 0.6 is 11.3 Å². The first kappa shape index (κ1) is 14.6. The third kappa shape index (κ3) is 2.86. The number of carboxylic acid groups (broad SMARTS) is 1. The minimum absolute atomic E-state index is 0.0206. The van der Waals surface area contributed by atoms with Crippen molar-refractivity contribution in [2.24, 2.45) is 0 Å². The highest BCUT2D eigenvalue weighted by Gasteiger charge is 2.22. The van der Waals surface area contributed by atoms with Crippen LogP contribution in [-0.2, 0) is 15.6 Å². The van der Waals surface area contributed by atoms with Crippen LogP contribution in [0.3, 0.4) is 0 Å².